The van der Waals surface area contributed by atoms with Gasteiger partial charge in [-0.25, -0.2) is 4.39 Å². The van der Waals surface area contributed by atoms with E-state index in [2.05, 4.69) is 5.32 Å². The molecule has 2 atom stereocenters. The third-order valence-corrected chi connectivity index (χ3v) is 3.70. The maximum absolute atomic E-state index is 13.1. The topological polar surface area (TPSA) is 75.4 Å². The molecule has 0 bridgehead atoms. The van der Waals surface area contributed by atoms with E-state index in [0.717, 1.165) is 18.2 Å². The number of nitrogens with one attached hydrogen (secondary N) is 1. The maximum atomic E-state index is 13.1. The Morgan fingerprint density at radius 2 is 2.22 bits per heavy atom. The van der Waals surface area contributed by atoms with Crippen LogP contribution in [-0.4, -0.2) is 22.2 Å². The lowest BCUT2D eigenvalue weighted by Gasteiger charge is -2.49. The molecule has 0 spiro atoms. The molecule has 1 aromatic rings. The minimum Gasteiger partial charge on any atom is -0.392 e. The summed E-state index contributed by atoms with van der Waals surface area (Å²) in [7, 11) is 0. The Bertz CT molecular complexity index is 490. The van der Waals surface area contributed by atoms with E-state index in [9.17, 15) is 19.6 Å². The molecule has 6 heteroatoms. The Kier molecular flexibility index (Phi) is 2.98. The van der Waals surface area contributed by atoms with Crippen LogP contribution in [0.3, 0.4) is 0 Å². The number of aliphatic hydroxyl groups excluding tert-OH is 1. The molecule has 1 aliphatic rings. The molecule has 18 heavy (non-hydrogen) atoms. The second kappa shape index (κ2) is 4.20. The van der Waals surface area contributed by atoms with E-state index in [4.69, 9.17) is 0 Å². The highest BCUT2D eigenvalue weighted by Gasteiger charge is 2.47. The standard InChI is InChI=1S/C12H15FN2O3/c1-12(2)10(6-11(12)16)14-8-5-7(13)3-4-9(8)15(17)18/h3-5,10-11,14,16H,6H2,1-2H3. The van der Waals surface area contributed by atoms with E-state index in [1.54, 1.807) is 0 Å². The van der Waals surface area contributed by atoms with Gasteiger partial charge in [-0.05, 0) is 12.5 Å². The zero-order valence-electron chi connectivity index (χ0n) is 10.2. The average Bonchev–Trinajstić information content (AvgIpc) is 2.28. The van der Waals surface area contributed by atoms with Gasteiger partial charge >= 0.3 is 0 Å². The van der Waals surface area contributed by atoms with Crippen LogP contribution in [0.25, 0.3) is 0 Å². The highest BCUT2D eigenvalue weighted by Crippen LogP contribution is 2.43. The molecular formula is C12H15FN2O3. The van der Waals surface area contributed by atoms with E-state index in [1.807, 2.05) is 13.8 Å². The van der Waals surface area contributed by atoms with Gasteiger partial charge in [-0.1, -0.05) is 13.8 Å². The Morgan fingerprint density at radius 3 is 2.72 bits per heavy atom. The minimum atomic E-state index is -0.552. The first-order valence-corrected chi connectivity index (χ1v) is 5.71. The summed E-state index contributed by atoms with van der Waals surface area (Å²) in [6.07, 6.45) is 0.0586. The van der Waals surface area contributed by atoms with E-state index in [-0.39, 0.29) is 22.8 Å². The van der Waals surface area contributed by atoms with Crippen LogP contribution < -0.4 is 5.32 Å². The smallest absolute Gasteiger partial charge is 0.292 e. The Labute approximate surface area is 104 Å². The lowest BCUT2D eigenvalue weighted by Crippen LogP contribution is -2.56. The van der Waals surface area contributed by atoms with Crippen molar-refractivity contribution in [3.8, 4) is 0 Å². The number of anilines is 1. The number of aliphatic hydroxyl groups is 1. The molecule has 1 fully saturated rings. The number of benzene rings is 1. The van der Waals surface area contributed by atoms with Gasteiger partial charge in [0.1, 0.15) is 11.5 Å². The molecule has 2 unspecified atom stereocenters. The summed E-state index contributed by atoms with van der Waals surface area (Å²) in [6, 6.07) is 3.20. The van der Waals surface area contributed by atoms with Crippen molar-refractivity contribution >= 4 is 11.4 Å². The lowest BCUT2D eigenvalue weighted by molar-refractivity contribution is -0.384. The van der Waals surface area contributed by atoms with E-state index in [0.29, 0.717) is 6.42 Å². The van der Waals surface area contributed by atoms with Crippen molar-refractivity contribution in [2.45, 2.75) is 32.4 Å². The Morgan fingerprint density at radius 1 is 1.56 bits per heavy atom. The fourth-order valence-electron chi connectivity index (χ4n) is 2.12. The number of halogens is 1. The molecule has 0 aromatic heterocycles. The van der Waals surface area contributed by atoms with E-state index in [1.165, 1.54) is 0 Å². The highest BCUT2D eigenvalue weighted by molar-refractivity contribution is 5.62. The zero-order chi connectivity index (χ0) is 13.5. The molecule has 0 saturated heterocycles. The molecule has 1 aromatic carbocycles. The van der Waals surface area contributed by atoms with Gasteiger partial charge in [-0.15, -0.1) is 0 Å². The second-order valence-electron chi connectivity index (χ2n) is 5.19. The summed E-state index contributed by atoms with van der Waals surface area (Å²) in [5.74, 6) is -0.527. The molecule has 1 aliphatic carbocycles. The zero-order valence-corrected chi connectivity index (χ0v) is 10.2. The third kappa shape index (κ3) is 2.03. The summed E-state index contributed by atoms with van der Waals surface area (Å²) >= 11 is 0. The quantitative estimate of drug-likeness (QED) is 0.641. The van der Waals surface area contributed by atoms with Crippen LogP contribution in [0, 0.1) is 21.3 Å². The second-order valence-corrected chi connectivity index (χ2v) is 5.19. The van der Waals surface area contributed by atoms with Crippen molar-refractivity contribution in [1.82, 2.24) is 0 Å². The molecular weight excluding hydrogens is 239 g/mol. The summed E-state index contributed by atoms with van der Waals surface area (Å²) in [6.45, 7) is 3.73. The molecule has 2 rings (SSSR count). The minimum absolute atomic E-state index is 0.104. The van der Waals surface area contributed by atoms with Gasteiger partial charge < -0.3 is 10.4 Å². The normalized spacial score (nSPS) is 25.3. The van der Waals surface area contributed by atoms with Gasteiger partial charge in [-0.2, -0.15) is 0 Å². The van der Waals surface area contributed by atoms with Crippen molar-refractivity contribution < 1.29 is 14.4 Å². The largest absolute Gasteiger partial charge is 0.392 e. The average molecular weight is 254 g/mol. The monoisotopic (exact) mass is 254 g/mol. The molecule has 0 radical (unpaired) electrons. The predicted octanol–water partition coefficient (Wildman–Crippen LogP) is 2.31. The van der Waals surface area contributed by atoms with Crippen LogP contribution in [0.1, 0.15) is 20.3 Å². The highest BCUT2D eigenvalue weighted by atomic mass is 19.1. The van der Waals surface area contributed by atoms with Crippen molar-refractivity contribution in [2.24, 2.45) is 5.41 Å². The number of nitro groups is 1. The van der Waals surface area contributed by atoms with Crippen molar-refractivity contribution in [3.63, 3.8) is 0 Å². The fraction of sp³-hybridized carbons (Fsp3) is 0.500. The number of hydrogen-bond acceptors (Lipinski definition) is 4. The van der Waals surface area contributed by atoms with Crippen LogP contribution in [0.5, 0.6) is 0 Å². The number of nitrogens with zero attached hydrogens (tertiary/aromatic N) is 1. The molecule has 98 valence electrons. The van der Waals surface area contributed by atoms with Gasteiger partial charge in [0.05, 0.1) is 11.0 Å². The molecule has 0 aliphatic heterocycles. The number of rotatable bonds is 3. The first-order chi connectivity index (χ1) is 8.32. The third-order valence-electron chi connectivity index (χ3n) is 3.70. The van der Waals surface area contributed by atoms with Crippen LogP contribution in [0.2, 0.25) is 0 Å². The lowest BCUT2D eigenvalue weighted by atomic mass is 9.64. The Hall–Kier alpha value is -1.69. The molecule has 5 nitrogen and oxygen atoms in total. The number of hydrogen-bond donors (Lipinski definition) is 2. The van der Waals surface area contributed by atoms with Gasteiger partial charge in [0.2, 0.25) is 0 Å². The maximum Gasteiger partial charge on any atom is 0.292 e. The molecule has 0 amide bonds. The van der Waals surface area contributed by atoms with Crippen molar-refractivity contribution in [1.29, 1.82) is 0 Å². The summed E-state index contributed by atoms with van der Waals surface area (Å²) in [4.78, 5) is 10.3. The van der Waals surface area contributed by atoms with Crippen LogP contribution in [0.15, 0.2) is 18.2 Å². The van der Waals surface area contributed by atoms with Crippen molar-refractivity contribution in [2.75, 3.05) is 5.32 Å². The van der Waals surface area contributed by atoms with Gasteiger partial charge in [0.25, 0.3) is 5.69 Å². The van der Waals surface area contributed by atoms with Crippen LogP contribution in [0.4, 0.5) is 15.8 Å². The molecule has 1 saturated carbocycles. The first kappa shape index (κ1) is 12.8. The molecule has 2 N–H and O–H groups in total. The summed E-state index contributed by atoms with van der Waals surface area (Å²) in [5.41, 5.74) is -0.376. The first-order valence-electron chi connectivity index (χ1n) is 5.71. The van der Waals surface area contributed by atoms with Gasteiger partial charge in [-0.3, -0.25) is 10.1 Å². The summed E-state index contributed by atoms with van der Waals surface area (Å²) in [5, 5.41) is 23.4. The predicted molar refractivity (Wildman–Crippen MR) is 64.9 cm³/mol. The van der Waals surface area contributed by atoms with E-state index >= 15 is 0 Å². The van der Waals surface area contributed by atoms with Crippen LogP contribution >= 0.6 is 0 Å². The fourth-order valence-corrected chi connectivity index (χ4v) is 2.12. The molecule has 0 heterocycles. The van der Waals surface area contributed by atoms with E-state index < -0.39 is 16.8 Å². The SMILES string of the molecule is CC1(C)C(O)CC1Nc1cc(F)ccc1[N+](=O)[O-]. The van der Waals surface area contributed by atoms with Crippen LogP contribution in [-0.2, 0) is 0 Å². The van der Waals surface area contributed by atoms with Gasteiger partial charge in [0, 0.05) is 23.6 Å². The Balaban J connectivity index is 2.24. The number of nitro benzene ring substituents is 1. The van der Waals surface area contributed by atoms with Crippen molar-refractivity contribution in [3.05, 3.63) is 34.1 Å². The van der Waals surface area contributed by atoms with Gasteiger partial charge in [0.15, 0.2) is 0 Å². The summed E-state index contributed by atoms with van der Waals surface area (Å²) < 4.78 is 13.1.